The fraction of sp³-hybridized carbons (Fsp3) is 0.500. The van der Waals surface area contributed by atoms with Gasteiger partial charge in [0.05, 0.1) is 5.69 Å². The Kier molecular flexibility index (Phi) is 6.55. The van der Waals surface area contributed by atoms with Crippen LogP contribution in [0.4, 0.5) is 10.1 Å². The van der Waals surface area contributed by atoms with Crippen LogP contribution in [0.5, 0.6) is 0 Å². The minimum absolute atomic E-state index is 0.197. The Morgan fingerprint density at radius 2 is 2.07 bits per heavy atom. The number of benzene rings is 1. The second-order valence-electron chi connectivity index (χ2n) is 7.01. The molecule has 1 heterocycles. The molecule has 9 heteroatoms. The van der Waals surface area contributed by atoms with Gasteiger partial charge in [0.2, 0.25) is 0 Å². The number of anilines is 1. The molecule has 1 saturated carbocycles. The second kappa shape index (κ2) is 8.55. The average molecular weight is 476 g/mol. The largest absolute Gasteiger partial charge is 0.380 e. The zero-order valence-electron chi connectivity index (χ0n) is 15.3. The van der Waals surface area contributed by atoms with Crippen molar-refractivity contribution in [1.82, 2.24) is 9.88 Å². The molecule has 1 fully saturated rings. The molecule has 2 aromatic rings. The predicted octanol–water partition coefficient (Wildman–Crippen LogP) is 4.30. The van der Waals surface area contributed by atoms with Crippen molar-refractivity contribution >= 4 is 42.8 Å². The van der Waals surface area contributed by atoms with Crippen molar-refractivity contribution in [2.45, 2.75) is 48.4 Å². The first kappa shape index (κ1) is 20.7. The van der Waals surface area contributed by atoms with Crippen molar-refractivity contribution in [2.24, 2.45) is 0 Å². The highest BCUT2D eigenvalue weighted by Gasteiger charge is 2.28. The summed E-state index contributed by atoms with van der Waals surface area (Å²) in [5, 5.41) is 5.56. The van der Waals surface area contributed by atoms with Crippen LogP contribution in [0.15, 0.2) is 33.1 Å². The molecule has 0 radical (unpaired) electrons. The van der Waals surface area contributed by atoms with Gasteiger partial charge in [-0.05, 0) is 55.0 Å². The Morgan fingerprint density at radius 1 is 1.33 bits per heavy atom. The molecular weight excluding hydrogens is 453 g/mol. The van der Waals surface area contributed by atoms with Crippen LogP contribution in [0.25, 0.3) is 0 Å². The normalized spacial score (nSPS) is 20.8. The average Bonchev–Trinajstić information content (AvgIpc) is 3.10. The molecule has 1 aliphatic rings. The highest BCUT2D eigenvalue weighted by Crippen LogP contribution is 2.33. The van der Waals surface area contributed by atoms with E-state index in [2.05, 4.69) is 45.2 Å². The van der Waals surface area contributed by atoms with Gasteiger partial charge in [-0.3, -0.25) is 0 Å². The summed E-state index contributed by atoms with van der Waals surface area (Å²) in [4.78, 5) is 5.87. The van der Waals surface area contributed by atoms with E-state index in [1.807, 2.05) is 0 Å². The lowest BCUT2D eigenvalue weighted by molar-refractivity contribution is 0.211. The van der Waals surface area contributed by atoms with Gasteiger partial charge in [0.25, 0.3) is 0 Å². The summed E-state index contributed by atoms with van der Waals surface area (Å²) in [6, 6.07) is 3.19. The summed E-state index contributed by atoms with van der Waals surface area (Å²) in [6.45, 7) is 0. The van der Waals surface area contributed by atoms with Gasteiger partial charge in [-0.15, -0.1) is 11.3 Å². The quantitative estimate of drug-likeness (QED) is 0.674. The van der Waals surface area contributed by atoms with Crippen molar-refractivity contribution in [3.05, 3.63) is 39.0 Å². The van der Waals surface area contributed by atoms with Gasteiger partial charge in [-0.1, -0.05) is 12.8 Å². The predicted molar refractivity (Wildman–Crippen MR) is 110 cm³/mol. The van der Waals surface area contributed by atoms with Gasteiger partial charge in [0, 0.05) is 28.1 Å². The molecule has 27 heavy (non-hydrogen) atoms. The molecule has 1 N–H and O–H groups in total. The number of halogens is 2. The van der Waals surface area contributed by atoms with Crippen LogP contribution in [0.1, 0.15) is 30.7 Å². The monoisotopic (exact) mass is 475 g/mol. The van der Waals surface area contributed by atoms with Crippen molar-refractivity contribution < 1.29 is 12.8 Å². The molecule has 0 spiro atoms. The summed E-state index contributed by atoms with van der Waals surface area (Å²) >= 11 is 4.66. The maximum absolute atomic E-state index is 14.7. The number of aromatic nitrogens is 1. The van der Waals surface area contributed by atoms with Gasteiger partial charge in [-0.2, -0.15) is 0 Å². The Bertz CT molecular complexity index is 888. The zero-order valence-corrected chi connectivity index (χ0v) is 18.5. The number of sulfone groups is 1. The molecule has 0 saturated heterocycles. The Hall–Kier alpha value is -1.03. The van der Waals surface area contributed by atoms with Gasteiger partial charge in [0.1, 0.15) is 21.5 Å². The molecule has 0 unspecified atom stereocenters. The van der Waals surface area contributed by atoms with E-state index >= 15 is 0 Å². The third kappa shape index (κ3) is 4.88. The second-order valence-corrected chi connectivity index (χ2v) is 10.8. The zero-order chi connectivity index (χ0) is 19.6. The molecule has 0 aliphatic heterocycles. The number of thiazole rings is 1. The van der Waals surface area contributed by atoms with E-state index in [9.17, 15) is 12.8 Å². The van der Waals surface area contributed by atoms with E-state index in [1.165, 1.54) is 29.9 Å². The third-order valence-electron chi connectivity index (χ3n) is 4.89. The van der Waals surface area contributed by atoms with Gasteiger partial charge in [-0.25, -0.2) is 17.8 Å². The third-order valence-corrected chi connectivity index (χ3v) is 8.14. The van der Waals surface area contributed by atoms with Crippen LogP contribution >= 0.6 is 27.3 Å². The van der Waals surface area contributed by atoms with E-state index in [0.717, 1.165) is 19.3 Å². The van der Waals surface area contributed by atoms with E-state index in [-0.39, 0.29) is 16.7 Å². The molecule has 148 valence electrons. The van der Waals surface area contributed by atoms with Crippen LogP contribution in [0.3, 0.4) is 0 Å². The SMILES string of the molecule is CN(C)[C@H]1CCCC[C@@H]1Nc1cc(F)c(S(=O)(=O)Cc2nccs2)cc1Br. The number of rotatable bonds is 6. The fourth-order valence-electron chi connectivity index (χ4n) is 3.54. The van der Waals surface area contributed by atoms with Crippen LogP contribution in [0.2, 0.25) is 0 Å². The van der Waals surface area contributed by atoms with Crippen molar-refractivity contribution in [2.75, 3.05) is 19.4 Å². The Morgan fingerprint density at radius 3 is 2.74 bits per heavy atom. The molecule has 3 rings (SSSR count). The number of likely N-dealkylation sites (N-methyl/N-ethyl adjacent to an activating group) is 1. The standard InChI is InChI=1S/C18H23BrFN3O2S2/c1-23(2)16-6-4-3-5-14(16)22-15-10-13(20)17(9-12(15)19)27(24,25)11-18-21-7-8-26-18/h7-10,14,16,22H,3-6,11H2,1-2H3/t14-,16-/m0/s1. The Labute approximate surface area is 172 Å². The molecule has 0 bridgehead atoms. The molecule has 5 nitrogen and oxygen atoms in total. The topological polar surface area (TPSA) is 62.3 Å². The summed E-state index contributed by atoms with van der Waals surface area (Å²) < 4.78 is 40.4. The minimum Gasteiger partial charge on any atom is -0.380 e. The molecule has 2 atom stereocenters. The van der Waals surface area contributed by atoms with Crippen molar-refractivity contribution in [1.29, 1.82) is 0 Å². The summed E-state index contributed by atoms with van der Waals surface area (Å²) in [6.07, 6.45) is 5.94. The van der Waals surface area contributed by atoms with E-state index < -0.39 is 15.7 Å². The van der Waals surface area contributed by atoms with Crippen LogP contribution in [-0.4, -0.2) is 44.5 Å². The van der Waals surface area contributed by atoms with Crippen molar-refractivity contribution in [3.63, 3.8) is 0 Å². The first-order chi connectivity index (χ1) is 12.8. The number of hydrogen-bond acceptors (Lipinski definition) is 6. The lowest BCUT2D eigenvalue weighted by atomic mass is 9.89. The van der Waals surface area contributed by atoms with E-state index in [4.69, 9.17) is 0 Å². The first-order valence-corrected chi connectivity index (χ1v) is 12.1. The molecule has 1 aliphatic carbocycles. The van der Waals surface area contributed by atoms with Crippen LogP contribution in [0, 0.1) is 5.82 Å². The van der Waals surface area contributed by atoms with E-state index in [1.54, 1.807) is 11.6 Å². The summed E-state index contributed by atoms with van der Waals surface area (Å²) in [7, 11) is 0.297. The highest BCUT2D eigenvalue weighted by molar-refractivity contribution is 9.10. The summed E-state index contributed by atoms with van der Waals surface area (Å²) in [5.74, 6) is -1.04. The smallest absolute Gasteiger partial charge is 0.187 e. The highest BCUT2D eigenvalue weighted by atomic mass is 79.9. The molecule has 0 amide bonds. The molecular formula is C18H23BrFN3O2S2. The maximum Gasteiger partial charge on any atom is 0.187 e. The van der Waals surface area contributed by atoms with Gasteiger partial charge >= 0.3 is 0 Å². The molecule has 1 aromatic carbocycles. The summed E-state index contributed by atoms with van der Waals surface area (Å²) in [5.41, 5.74) is 0.583. The van der Waals surface area contributed by atoms with Crippen molar-refractivity contribution in [3.8, 4) is 0 Å². The number of nitrogens with one attached hydrogen (secondary N) is 1. The lowest BCUT2D eigenvalue weighted by Crippen LogP contribution is -2.45. The van der Waals surface area contributed by atoms with Crippen LogP contribution in [-0.2, 0) is 15.6 Å². The van der Waals surface area contributed by atoms with Gasteiger partial charge in [0.15, 0.2) is 9.84 Å². The fourth-order valence-corrected chi connectivity index (χ4v) is 6.50. The van der Waals surface area contributed by atoms with Crippen LogP contribution < -0.4 is 5.32 Å². The number of nitrogens with zero attached hydrogens (tertiary/aromatic N) is 2. The lowest BCUT2D eigenvalue weighted by Gasteiger charge is -2.37. The minimum atomic E-state index is -3.80. The molecule has 1 aromatic heterocycles. The number of hydrogen-bond donors (Lipinski definition) is 1. The first-order valence-electron chi connectivity index (χ1n) is 8.81. The van der Waals surface area contributed by atoms with Gasteiger partial charge < -0.3 is 10.2 Å². The Balaban J connectivity index is 1.84. The van der Waals surface area contributed by atoms with E-state index in [0.29, 0.717) is 21.2 Å². The maximum atomic E-state index is 14.7.